The number of nitrogens with zero attached hydrogens (tertiary/aromatic N) is 1. The molecule has 2 N–H and O–H groups in total. The van der Waals surface area contributed by atoms with Gasteiger partial charge >= 0.3 is 0 Å². The van der Waals surface area contributed by atoms with Crippen LogP contribution in [0.1, 0.15) is 22.5 Å². The maximum Gasteiger partial charge on any atom is 0.119 e. The normalized spacial score (nSPS) is 10.6. The van der Waals surface area contributed by atoms with Crippen LogP contribution in [0, 0.1) is 6.92 Å². The lowest BCUT2D eigenvalue weighted by Gasteiger charge is -2.06. The predicted octanol–water partition coefficient (Wildman–Crippen LogP) is 2.93. The zero-order chi connectivity index (χ0) is 14.4. The van der Waals surface area contributed by atoms with E-state index in [0.29, 0.717) is 19.8 Å². The van der Waals surface area contributed by atoms with Crippen molar-refractivity contribution >= 4 is 11.3 Å². The molecule has 0 atom stereocenters. The molecular weight excluding hydrogens is 272 g/mol. The summed E-state index contributed by atoms with van der Waals surface area (Å²) < 4.78 is 11.1. The molecule has 0 fully saturated rings. The van der Waals surface area contributed by atoms with Gasteiger partial charge in [0.1, 0.15) is 11.5 Å². The molecule has 1 aromatic carbocycles. The van der Waals surface area contributed by atoms with Crippen LogP contribution in [0.4, 0.5) is 0 Å². The summed E-state index contributed by atoms with van der Waals surface area (Å²) in [5, 5.41) is 1.08. The predicted molar refractivity (Wildman–Crippen MR) is 81.6 cm³/mol. The SMILES string of the molecule is CCOc1ccc(OCCc2nc(C)c(CN)s2)cc1. The summed E-state index contributed by atoms with van der Waals surface area (Å²) in [6.07, 6.45) is 0.804. The molecule has 0 bridgehead atoms. The van der Waals surface area contributed by atoms with Gasteiger partial charge in [0, 0.05) is 17.8 Å². The van der Waals surface area contributed by atoms with Gasteiger partial charge in [-0.1, -0.05) is 0 Å². The van der Waals surface area contributed by atoms with Crippen molar-refractivity contribution in [1.82, 2.24) is 4.98 Å². The standard InChI is InChI=1S/C15H20N2O2S/c1-3-18-12-4-6-13(7-5-12)19-9-8-15-17-11(2)14(10-16)20-15/h4-7H,3,8-10,16H2,1-2H3. The average Bonchev–Trinajstić information content (AvgIpc) is 2.81. The molecule has 2 rings (SSSR count). The highest BCUT2D eigenvalue weighted by Crippen LogP contribution is 2.20. The van der Waals surface area contributed by atoms with Gasteiger partial charge in [0.2, 0.25) is 0 Å². The third-order valence-electron chi connectivity index (χ3n) is 2.84. The van der Waals surface area contributed by atoms with Gasteiger partial charge in [-0.05, 0) is 38.1 Å². The first kappa shape index (κ1) is 14.8. The molecule has 0 aliphatic rings. The Hall–Kier alpha value is -1.59. The van der Waals surface area contributed by atoms with Crippen molar-refractivity contribution in [3.05, 3.63) is 39.8 Å². The zero-order valence-electron chi connectivity index (χ0n) is 11.9. The summed E-state index contributed by atoms with van der Waals surface area (Å²) in [6.45, 7) is 5.81. The first-order valence-corrected chi connectivity index (χ1v) is 7.55. The highest BCUT2D eigenvalue weighted by Gasteiger charge is 2.06. The van der Waals surface area contributed by atoms with E-state index in [1.165, 1.54) is 0 Å². The van der Waals surface area contributed by atoms with Crippen molar-refractivity contribution < 1.29 is 9.47 Å². The molecule has 0 aliphatic carbocycles. The number of aryl methyl sites for hydroxylation is 1. The molecule has 0 saturated carbocycles. The quantitative estimate of drug-likeness (QED) is 0.852. The van der Waals surface area contributed by atoms with Crippen LogP contribution in [0.5, 0.6) is 11.5 Å². The van der Waals surface area contributed by atoms with Gasteiger partial charge < -0.3 is 15.2 Å². The third-order valence-corrected chi connectivity index (χ3v) is 4.08. The number of aromatic nitrogens is 1. The first-order chi connectivity index (χ1) is 9.72. The minimum Gasteiger partial charge on any atom is -0.494 e. The molecule has 0 radical (unpaired) electrons. The van der Waals surface area contributed by atoms with E-state index in [1.54, 1.807) is 11.3 Å². The second kappa shape index (κ2) is 7.26. The maximum atomic E-state index is 5.71. The minimum atomic E-state index is 0.559. The van der Waals surface area contributed by atoms with Crippen molar-refractivity contribution in [3.8, 4) is 11.5 Å². The molecule has 5 heteroatoms. The Kier molecular flexibility index (Phi) is 5.38. The fraction of sp³-hybridized carbons (Fsp3) is 0.400. The molecule has 2 aromatic rings. The Morgan fingerprint density at radius 1 is 1.15 bits per heavy atom. The van der Waals surface area contributed by atoms with Crippen molar-refractivity contribution in [3.63, 3.8) is 0 Å². The second-order valence-corrected chi connectivity index (χ2v) is 5.49. The van der Waals surface area contributed by atoms with Crippen molar-refractivity contribution in [2.75, 3.05) is 13.2 Å². The van der Waals surface area contributed by atoms with Crippen LogP contribution in [-0.2, 0) is 13.0 Å². The second-order valence-electron chi connectivity index (χ2n) is 4.32. The molecule has 20 heavy (non-hydrogen) atoms. The van der Waals surface area contributed by atoms with E-state index in [0.717, 1.165) is 33.5 Å². The van der Waals surface area contributed by atoms with E-state index in [1.807, 2.05) is 38.1 Å². The third kappa shape index (κ3) is 3.95. The lowest BCUT2D eigenvalue weighted by molar-refractivity contribution is 0.318. The molecular formula is C15H20N2O2S. The monoisotopic (exact) mass is 292 g/mol. The summed E-state index contributed by atoms with van der Waals surface area (Å²) in [6, 6.07) is 7.67. The largest absolute Gasteiger partial charge is 0.494 e. The number of benzene rings is 1. The zero-order valence-corrected chi connectivity index (χ0v) is 12.7. The summed E-state index contributed by atoms with van der Waals surface area (Å²) in [7, 11) is 0. The van der Waals surface area contributed by atoms with E-state index in [2.05, 4.69) is 4.98 Å². The Balaban J connectivity index is 1.82. The lowest BCUT2D eigenvalue weighted by atomic mass is 10.3. The Labute approximate surface area is 123 Å². The summed E-state index contributed by atoms with van der Waals surface area (Å²) >= 11 is 1.67. The molecule has 108 valence electrons. The first-order valence-electron chi connectivity index (χ1n) is 6.73. The molecule has 1 aromatic heterocycles. The average molecular weight is 292 g/mol. The maximum absolute atomic E-state index is 5.71. The van der Waals surface area contributed by atoms with Gasteiger partial charge in [-0.3, -0.25) is 0 Å². The van der Waals surface area contributed by atoms with E-state index >= 15 is 0 Å². The van der Waals surface area contributed by atoms with Gasteiger partial charge in [0.05, 0.1) is 23.9 Å². The molecule has 0 aliphatic heterocycles. The minimum absolute atomic E-state index is 0.559. The van der Waals surface area contributed by atoms with Crippen LogP contribution in [0.25, 0.3) is 0 Å². The summed E-state index contributed by atoms with van der Waals surface area (Å²) in [5.74, 6) is 1.71. The molecule has 0 spiro atoms. The topological polar surface area (TPSA) is 57.4 Å². The van der Waals surface area contributed by atoms with Gasteiger partial charge in [0.15, 0.2) is 0 Å². The number of thiazole rings is 1. The highest BCUT2D eigenvalue weighted by atomic mass is 32.1. The number of ether oxygens (including phenoxy) is 2. The molecule has 0 saturated heterocycles. The van der Waals surface area contributed by atoms with Crippen molar-refractivity contribution in [2.45, 2.75) is 26.8 Å². The highest BCUT2D eigenvalue weighted by molar-refractivity contribution is 7.11. The van der Waals surface area contributed by atoms with Crippen molar-refractivity contribution in [2.24, 2.45) is 5.73 Å². The van der Waals surface area contributed by atoms with Crippen LogP contribution < -0.4 is 15.2 Å². The summed E-state index contributed by atoms with van der Waals surface area (Å²) in [4.78, 5) is 5.64. The van der Waals surface area contributed by atoms with Crippen LogP contribution in [0.2, 0.25) is 0 Å². The van der Waals surface area contributed by atoms with Gasteiger partial charge in [0.25, 0.3) is 0 Å². The van der Waals surface area contributed by atoms with Crippen LogP contribution >= 0.6 is 11.3 Å². The van der Waals surface area contributed by atoms with E-state index < -0.39 is 0 Å². The molecule has 0 unspecified atom stereocenters. The molecule has 4 nitrogen and oxygen atoms in total. The Morgan fingerprint density at radius 3 is 2.35 bits per heavy atom. The van der Waals surface area contributed by atoms with Crippen LogP contribution in [0.15, 0.2) is 24.3 Å². The van der Waals surface area contributed by atoms with Crippen LogP contribution in [-0.4, -0.2) is 18.2 Å². The van der Waals surface area contributed by atoms with E-state index in [4.69, 9.17) is 15.2 Å². The van der Waals surface area contributed by atoms with Gasteiger partial charge in [-0.15, -0.1) is 11.3 Å². The van der Waals surface area contributed by atoms with Crippen molar-refractivity contribution in [1.29, 1.82) is 0 Å². The van der Waals surface area contributed by atoms with E-state index in [-0.39, 0.29) is 0 Å². The molecule has 0 amide bonds. The number of nitrogens with two attached hydrogens (primary N) is 1. The number of hydrogen-bond acceptors (Lipinski definition) is 5. The fourth-order valence-corrected chi connectivity index (χ4v) is 2.77. The Bertz CT molecular complexity index is 537. The number of hydrogen-bond donors (Lipinski definition) is 1. The van der Waals surface area contributed by atoms with E-state index in [9.17, 15) is 0 Å². The number of rotatable bonds is 7. The van der Waals surface area contributed by atoms with Crippen LogP contribution in [0.3, 0.4) is 0 Å². The van der Waals surface area contributed by atoms with Gasteiger partial charge in [-0.25, -0.2) is 4.98 Å². The fourth-order valence-electron chi connectivity index (χ4n) is 1.84. The lowest BCUT2D eigenvalue weighted by Crippen LogP contribution is -2.01. The summed E-state index contributed by atoms with van der Waals surface area (Å²) in [5.41, 5.74) is 6.69. The smallest absolute Gasteiger partial charge is 0.119 e. The van der Waals surface area contributed by atoms with Gasteiger partial charge in [-0.2, -0.15) is 0 Å². The Morgan fingerprint density at radius 2 is 1.80 bits per heavy atom. The molecule has 1 heterocycles.